The van der Waals surface area contributed by atoms with E-state index in [0.717, 1.165) is 21.5 Å². The van der Waals surface area contributed by atoms with Crippen molar-refractivity contribution >= 4 is 31.6 Å². The molecule has 1 heterocycles. The number of rotatable bonds is 8. The van der Waals surface area contributed by atoms with E-state index in [9.17, 15) is 13.7 Å². The summed E-state index contributed by atoms with van der Waals surface area (Å²) in [6, 6.07) is 22.6. The average Bonchev–Trinajstić information content (AvgIpc) is 3.23. The smallest absolute Gasteiger partial charge is 0.241 e. The molecule has 0 saturated carbocycles. The molecular formula is C24H21N3O3S2. The van der Waals surface area contributed by atoms with Gasteiger partial charge in [0.1, 0.15) is 10.8 Å². The summed E-state index contributed by atoms with van der Waals surface area (Å²) in [5, 5.41) is 9.88. The van der Waals surface area contributed by atoms with Crippen LogP contribution in [0.2, 0.25) is 0 Å². The molecule has 0 saturated heterocycles. The molecule has 4 aromatic rings. The van der Waals surface area contributed by atoms with Crippen molar-refractivity contribution in [3.05, 3.63) is 88.9 Å². The molecule has 0 fully saturated rings. The van der Waals surface area contributed by atoms with Crippen LogP contribution in [0.5, 0.6) is 5.75 Å². The number of thiazole rings is 1. The topological polar surface area (TPSA) is 92.1 Å². The van der Waals surface area contributed by atoms with Gasteiger partial charge in [-0.05, 0) is 61.4 Å². The minimum absolute atomic E-state index is 0.190. The maximum absolute atomic E-state index is 13.1. The Morgan fingerprint density at radius 2 is 1.91 bits per heavy atom. The minimum atomic E-state index is -3.77. The van der Waals surface area contributed by atoms with Gasteiger partial charge in [-0.1, -0.05) is 30.3 Å². The molecule has 6 nitrogen and oxygen atoms in total. The van der Waals surface area contributed by atoms with Crippen LogP contribution >= 0.6 is 11.3 Å². The van der Waals surface area contributed by atoms with Gasteiger partial charge >= 0.3 is 0 Å². The minimum Gasteiger partial charge on any atom is -0.494 e. The molecule has 162 valence electrons. The average molecular weight is 464 g/mol. The molecule has 0 aliphatic heterocycles. The zero-order chi connectivity index (χ0) is 22.6. The van der Waals surface area contributed by atoms with Crippen LogP contribution in [0.3, 0.4) is 0 Å². The lowest BCUT2D eigenvalue weighted by atomic mass is 10.0. The molecule has 3 aromatic carbocycles. The fourth-order valence-electron chi connectivity index (χ4n) is 3.37. The number of benzene rings is 3. The number of nitriles is 1. The van der Waals surface area contributed by atoms with Crippen LogP contribution in [-0.4, -0.2) is 20.0 Å². The first kappa shape index (κ1) is 22.0. The molecule has 0 aliphatic carbocycles. The summed E-state index contributed by atoms with van der Waals surface area (Å²) in [7, 11) is -3.77. The number of ether oxygens (including phenoxy) is 1. The van der Waals surface area contributed by atoms with E-state index in [2.05, 4.69) is 10.8 Å². The van der Waals surface area contributed by atoms with Crippen LogP contribution in [0.25, 0.3) is 10.2 Å². The zero-order valence-electron chi connectivity index (χ0n) is 17.4. The SMILES string of the molecule is CCOc1ccc2nc(C(Cc3cccc(C#N)c3)NS(=O)(=O)c3ccccc3)sc2c1. The fraction of sp³-hybridized carbons (Fsp3) is 0.167. The Hall–Kier alpha value is -3.25. The number of fused-ring (bicyclic) bond motifs is 1. The highest BCUT2D eigenvalue weighted by Crippen LogP contribution is 2.32. The highest BCUT2D eigenvalue weighted by molar-refractivity contribution is 7.89. The van der Waals surface area contributed by atoms with E-state index in [1.54, 1.807) is 48.5 Å². The highest BCUT2D eigenvalue weighted by atomic mass is 32.2. The van der Waals surface area contributed by atoms with Gasteiger partial charge in [0.15, 0.2) is 0 Å². The van der Waals surface area contributed by atoms with Gasteiger partial charge in [-0.3, -0.25) is 0 Å². The largest absolute Gasteiger partial charge is 0.494 e. The van der Waals surface area contributed by atoms with Gasteiger partial charge in [-0.15, -0.1) is 11.3 Å². The third kappa shape index (κ3) is 4.97. The standard InChI is InChI=1S/C24H21N3O3S2/c1-2-30-19-11-12-21-23(15-19)31-24(26-21)22(14-17-7-6-8-18(13-17)16-25)27-32(28,29)20-9-4-3-5-10-20/h3-13,15,22,27H,2,14H2,1H3. The predicted molar refractivity (Wildman–Crippen MR) is 125 cm³/mol. The molecule has 32 heavy (non-hydrogen) atoms. The highest BCUT2D eigenvalue weighted by Gasteiger charge is 2.25. The molecule has 4 rings (SSSR count). The fourth-order valence-corrected chi connectivity index (χ4v) is 5.71. The quantitative estimate of drug-likeness (QED) is 0.404. The summed E-state index contributed by atoms with van der Waals surface area (Å²) < 4.78 is 35.5. The Labute approximate surface area is 191 Å². The van der Waals surface area contributed by atoms with Crippen LogP contribution < -0.4 is 9.46 Å². The lowest BCUT2D eigenvalue weighted by molar-refractivity contribution is 0.341. The zero-order valence-corrected chi connectivity index (χ0v) is 19.0. The summed E-state index contributed by atoms with van der Waals surface area (Å²) in [6.07, 6.45) is 0.361. The molecule has 1 N–H and O–H groups in total. The molecule has 1 aromatic heterocycles. The van der Waals surface area contributed by atoms with Gasteiger partial charge in [-0.25, -0.2) is 18.1 Å². The third-order valence-corrected chi connectivity index (χ3v) is 7.45. The van der Waals surface area contributed by atoms with E-state index in [1.165, 1.54) is 11.3 Å². The molecule has 1 unspecified atom stereocenters. The van der Waals surface area contributed by atoms with Crippen molar-refractivity contribution in [2.75, 3.05) is 6.61 Å². The first-order valence-electron chi connectivity index (χ1n) is 10.1. The van der Waals surface area contributed by atoms with Crippen molar-refractivity contribution in [1.29, 1.82) is 5.26 Å². The molecule has 0 amide bonds. The molecule has 0 spiro atoms. The first-order valence-corrected chi connectivity index (χ1v) is 12.4. The van der Waals surface area contributed by atoms with Gasteiger partial charge in [0, 0.05) is 0 Å². The predicted octanol–water partition coefficient (Wildman–Crippen LogP) is 4.83. The number of hydrogen-bond donors (Lipinski definition) is 1. The lowest BCUT2D eigenvalue weighted by Crippen LogP contribution is -2.30. The van der Waals surface area contributed by atoms with E-state index in [1.807, 2.05) is 31.2 Å². The lowest BCUT2D eigenvalue weighted by Gasteiger charge is -2.17. The van der Waals surface area contributed by atoms with Crippen LogP contribution in [0.4, 0.5) is 0 Å². The second-order valence-electron chi connectivity index (χ2n) is 7.12. The Kier molecular flexibility index (Phi) is 6.51. The maximum Gasteiger partial charge on any atom is 0.241 e. The number of nitrogens with zero attached hydrogens (tertiary/aromatic N) is 2. The van der Waals surface area contributed by atoms with Crippen LogP contribution in [-0.2, 0) is 16.4 Å². The van der Waals surface area contributed by atoms with Crippen molar-refractivity contribution in [1.82, 2.24) is 9.71 Å². The van der Waals surface area contributed by atoms with Crippen molar-refractivity contribution in [2.24, 2.45) is 0 Å². The maximum atomic E-state index is 13.1. The van der Waals surface area contributed by atoms with E-state index in [4.69, 9.17) is 9.72 Å². The Balaban J connectivity index is 1.73. The number of nitrogens with one attached hydrogen (secondary N) is 1. The van der Waals surface area contributed by atoms with Crippen molar-refractivity contribution < 1.29 is 13.2 Å². The van der Waals surface area contributed by atoms with Gasteiger partial charge in [0.05, 0.1) is 39.4 Å². The van der Waals surface area contributed by atoms with E-state index in [0.29, 0.717) is 23.6 Å². The van der Waals surface area contributed by atoms with Gasteiger partial charge in [0.2, 0.25) is 10.0 Å². The summed E-state index contributed by atoms with van der Waals surface area (Å²) in [6.45, 7) is 2.48. The Morgan fingerprint density at radius 3 is 2.66 bits per heavy atom. The normalized spacial score (nSPS) is 12.4. The molecule has 1 atom stereocenters. The summed E-state index contributed by atoms with van der Waals surface area (Å²) in [5.74, 6) is 0.748. The summed E-state index contributed by atoms with van der Waals surface area (Å²) >= 11 is 1.43. The second kappa shape index (κ2) is 9.49. The summed E-state index contributed by atoms with van der Waals surface area (Å²) in [4.78, 5) is 4.89. The van der Waals surface area contributed by atoms with Crippen LogP contribution in [0.1, 0.15) is 29.1 Å². The third-order valence-electron chi connectivity index (χ3n) is 4.83. The van der Waals surface area contributed by atoms with Crippen LogP contribution in [0, 0.1) is 11.3 Å². The monoisotopic (exact) mass is 463 g/mol. The van der Waals surface area contributed by atoms with E-state index < -0.39 is 16.1 Å². The number of aromatic nitrogens is 1. The number of hydrogen-bond acceptors (Lipinski definition) is 6. The molecule has 8 heteroatoms. The van der Waals surface area contributed by atoms with Crippen molar-refractivity contribution in [3.63, 3.8) is 0 Å². The van der Waals surface area contributed by atoms with Crippen molar-refractivity contribution in [2.45, 2.75) is 24.3 Å². The van der Waals surface area contributed by atoms with E-state index in [-0.39, 0.29) is 4.90 Å². The van der Waals surface area contributed by atoms with Gasteiger partial charge < -0.3 is 4.74 Å². The van der Waals surface area contributed by atoms with Crippen molar-refractivity contribution in [3.8, 4) is 11.8 Å². The number of sulfonamides is 1. The second-order valence-corrected chi connectivity index (χ2v) is 9.89. The molecule has 0 radical (unpaired) electrons. The Bertz CT molecular complexity index is 1380. The Morgan fingerprint density at radius 1 is 1.09 bits per heavy atom. The van der Waals surface area contributed by atoms with Gasteiger partial charge in [-0.2, -0.15) is 5.26 Å². The first-order chi connectivity index (χ1) is 15.5. The molecule has 0 bridgehead atoms. The molecular weight excluding hydrogens is 442 g/mol. The van der Waals surface area contributed by atoms with Gasteiger partial charge in [0.25, 0.3) is 0 Å². The van der Waals surface area contributed by atoms with Crippen LogP contribution in [0.15, 0.2) is 77.7 Å². The molecule has 0 aliphatic rings. The van der Waals surface area contributed by atoms with E-state index >= 15 is 0 Å². The summed E-state index contributed by atoms with van der Waals surface area (Å²) in [5.41, 5.74) is 2.15.